The van der Waals surface area contributed by atoms with Crippen LogP contribution in [0, 0.1) is 11.3 Å². The number of esters is 1. The van der Waals surface area contributed by atoms with Crippen molar-refractivity contribution in [1.29, 1.82) is 0 Å². The number of carbonyl (C=O) groups is 1. The van der Waals surface area contributed by atoms with Crippen molar-refractivity contribution in [2.45, 2.75) is 45.1 Å². The molecule has 0 N–H and O–H groups in total. The maximum absolute atomic E-state index is 11.4. The van der Waals surface area contributed by atoms with Gasteiger partial charge in [-0.15, -0.1) is 6.58 Å². The van der Waals surface area contributed by atoms with Crippen LogP contribution in [0.3, 0.4) is 0 Å². The predicted molar refractivity (Wildman–Crippen MR) is 54.8 cm³/mol. The molecular formula is C12H18O2. The zero-order valence-corrected chi connectivity index (χ0v) is 9.01. The number of hydrogen-bond acceptors (Lipinski definition) is 2. The lowest BCUT2D eigenvalue weighted by Crippen LogP contribution is -2.44. The van der Waals surface area contributed by atoms with E-state index >= 15 is 0 Å². The molecule has 0 amide bonds. The first-order chi connectivity index (χ1) is 6.50. The van der Waals surface area contributed by atoms with Gasteiger partial charge < -0.3 is 4.74 Å². The van der Waals surface area contributed by atoms with E-state index in [2.05, 4.69) is 20.4 Å². The molecule has 3 atom stereocenters. The van der Waals surface area contributed by atoms with E-state index in [-0.39, 0.29) is 17.0 Å². The number of carbonyl (C=O) groups excluding carboxylic acids is 1. The van der Waals surface area contributed by atoms with Gasteiger partial charge in [0.2, 0.25) is 0 Å². The molecule has 0 radical (unpaired) electrons. The highest BCUT2D eigenvalue weighted by Crippen LogP contribution is 2.53. The summed E-state index contributed by atoms with van der Waals surface area (Å²) in [6, 6.07) is 0. The lowest BCUT2D eigenvalue weighted by molar-refractivity contribution is -0.151. The van der Waals surface area contributed by atoms with E-state index < -0.39 is 0 Å². The van der Waals surface area contributed by atoms with E-state index in [1.165, 1.54) is 0 Å². The summed E-state index contributed by atoms with van der Waals surface area (Å²) in [4.78, 5) is 11.4. The number of allylic oxidation sites excluding steroid dienone is 1. The normalized spacial score (nSPS) is 47.0. The molecule has 0 unspecified atom stereocenters. The van der Waals surface area contributed by atoms with Crippen LogP contribution in [0.15, 0.2) is 12.7 Å². The van der Waals surface area contributed by atoms with E-state index in [4.69, 9.17) is 4.74 Å². The molecule has 2 nitrogen and oxygen atoms in total. The van der Waals surface area contributed by atoms with Gasteiger partial charge in [0.15, 0.2) is 0 Å². The molecule has 2 fully saturated rings. The van der Waals surface area contributed by atoms with Crippen LogP contribution in [0.1, 0.15) is 39.5 Å². The Labute approximate surface area is 85.3 Å². The summed E-state index contributed by atoms with van der Waals surface area (Å²) in [5.74, 6) is 0.293. The fraction of sp³-hybridized carbons (Fsp3) is 0.750. The maximum atomic E-state index is 11.4. The highest BCUT2D eigenvalue weighted by molar-refractivity contribution is 5.73. The monoisotopic (exact) mass is 194 g/mol. The molecule has 1 aliphatic heterocycles. The predicted octanol–water partition coefficient (Wildman–Crippen LogP) is 2.68. The highest BCUT2D eigenvalue weighted by atomic mass is 16.6. The van der Waals surface area contributed by atoms with Crippen molar-refractivity contribution in [3.63, 3.8) is 0 Å². The molecular weight excluding hydrogens is 176 g/mol. The van der Waals surface area contributed by atoms with Gasteiger partial charge in [0, 0.05) is 5.92 Å². The third kappa shape index (κ3) is 1.20. The third-order valence-corrected chi connectivity index (χ3v) is 4.11. The van der Waals surface area contributed by atoms with Crippen LogP contribution in [0.4, 0.5) is 0 Å². The molecule has 1 aliphatic carbocycles. The first kappa shape index (κ1) is 9.75. The molecule has 0 aromatic carbocycles. The largest absolute Gasteiger partial charge is 0.459 e. The number of hydrogen-bond donors (Lipinski definition) is 0. The Kier molecular flexibility index (Phi) is 1.98. The molecule has 2 aliphatic rings. The molecule has 1 heterocycles. The van der Waals surface area contributed by atoms with Gasteiger partial charge in [-0.05, 0) is 31.6 Å². The summed E-state index contributed by atoms with van der Waals surface area (Å²) in [5.41, 5.74) is -0.141. The average Bonchev–Trinajstić information content (AvgIpc) is 2.42. The van der Waals surface area contributed by atoms with E-state index in [1.807, 2.05) is 6.08 Å². The number of rotatable bonds is 1. The van der Waals surface area contributed by atoms with Crippen molar-refractivity contribution in [3.05, 3.63) is 12.7 Å². The van der Waals surface area contributed by atoms with Crippen molar-refractivity contribution in [1.82, 2.24) is 0 Å². The van der Waals surface area contributed by atoms with E-state index in [0.29, 0.717) is 12.3 Å². The van der Waals surface area contributed by atoms with Crippen LogP contribution in [-0.4, -0.2) is 11.6 Å². The van der Waals surface area contributed by atoms with E-state index in [9.17, 15) is 4.79 Å². The smallest absolute Gasteiger partial charge is 0.306 e. The van der Waals surface area contributed by atoms with Gasteiger partial charge in [-0.1, -0.05) is 13.0 Å². The number of ether oxygens (including phenoxy) is 1. The Hall–Kier alpha value is -0.790. The topological polar surface area (TPSA) is 26.3 Å². The maximum Gasteiger partial charge on any atom is 0.306 e. The standard InChI is InChI=1S/C12H18O2/c1-4-11(2)6-5-7-12(3)9(11)8-10(13)14-12/h4,9H,1,5-8H2,2-3H3/t9-,11+,12+/m0/s1. The van der Waals surface area contributed by atoms with Gasteiger partial charge >= 0.3 is 5.97 Å². The highest BCUT2D eigenvalue weighted by Gasteiger charge is 2.54. The molecule has 0 aromatic heterocycles. The van der Waals surface area contributed by atoms with Gasteiger partial charge in [-0.3, -0.25) is 4.79 Å². The Morgan fingerprint density at radius 1 is 1.50 bits per heavy atom. The molecule has 1 saturated carbocycles. The van der Waals surface area contributed by atoms with Gasteiger partial charge in [0.05, 0.1) is 6.42 Å². The zero-order valence-electron chi connectivity index (χ0n) is 9.01. The fourth-order valence-electron chi connectivity index (χ4n) is 3.15. The lowest BCUT2D eigenvalue weighted by atomic mass is 9.61. The summed E-state index contributed by atoms with van der Waals surface area (Å²) >= 11 is 0. The fourth-order valence-corrected chi connectivity index (χ4v) is 3.15. The Bertz CT molecular complexity index is 284. The average molecular weight is 194 g/mol. The summed E-state index contributed by atoms with van der Waals surface area (Å²) in [6.45, 7) is 8.18. The van der Waals surface area contributed by atoms with E-state index in [1.54, 1.807) is 0 Å². The van der Waals surface area contributed by atoms with Crippen LogP contribution in [-0.2, 0) is 9.53 Å². The summed E-state index contributed by atoms with van der Waals surface area (Å²) in [7, 11) is 0. The minimum Gasteiger partial charge on any atom is -0.459 e. The Balaban J connectivity index is 2.34. The van der Waals surface area contributed by atoms with Crippen molar-refractivity contribution < 1.29 is 9.53 Å². The zero-order chi connectivity index (χ0) is 10.4. The summed E-state index contributed by atoms with van der Waals surface area (Å²) in [6.07, 6.45) is 5.85. The second-order valence-corrected chi connectivity index (χ2v) is 5.11. The van der Waals surface area contributed by atoms with Gasteiger partial charge in [-0.2, -0.15) is 0 Å². The first-order valence-electron chi connectivity index (χ1n) is 5.36. The lowest BCUT2D eigenvalue weighted by Gasteiger charge is -2.45. The molecule has 0 aromatic rings. The summed E-state index contributed by atoms with van der Waals surface area (Å²) in [5, 5.41) is 0. The molecule has 14 heavy (non-hydrogen) atoms. The molecule has 2 heteroatoms. The molecule has 78 valence electrons. The molecule has 0 spiro atoms. The van der Waals surface area contributed by atoms with Crippen LogP contribution in [0.25, 0.3) is 0 Å². The van der Waals surface area contributed by atoms with Crippen molar-refractivity contribution in [2.24, 2.45) is 11.3 Å². The minimum atomic E-state index is -0.224. The first-order valence-corrected chi connectivity index (χ1v) is 5.36. The van der Waals surface area contributed by atoms with Crippen LogP contribution in [0.5, 0.6) is 0 Å². The SMILES string of the molecule is C=C[C@]1(C)CCC[C@@]2(C)OC(=O)C[C@H]21. The van der Waals surface area contributed by atoms with Crippen LogP contribution in [0.2, 0.25) is 0 Å². The Morgan fingerprint density at radius 3 is 2.86 bits per heavy atom. The number of fused-ring (bicyclic) bond motifs is 1. The molecule has 2 rings (SSSR count). The molecule has 0 bridgehead atoms. The van der Waals surface area contributed by atoms with Gasteiger partial charge in [0.1, 0.15) is 5.60 Å². The minimum absolute atomic E-state index is 0.0347. The van der Waals surface area contributed by atoms with Gasteiger partial charge in [-0.25, -0.2) is 0 Å². The van der Waals surface area contributed by atoms with Crippen molar-refractivity contribution in [3.8, 4) is 0 Å². The van der Waals surface area contributed by atoms with E-state index in [0.717, 1.165) is 19.3 Å². The third-order valence-electron chi connectivity index (χ3n) is 4.11. The van der Waals surface area contributed by atoms with Crippen LogP contribution >= 0.6 is 0 Å². The van der Waals surface area contributed by atoms with Crippen molar-refractivity contribution in [2.75, 3.05) is 0 Å². The van der Waals surface area contributed by atoms with Gasteiger partial charge in [0.25, 0.3) is 0 Å². The van der Waals surface area contributed by atoms with Crippen molar-refractivity contribution >= 4 is 5.97 Å². The Morgan fingerprint density at radius 2 is 2.21 bits per heavy atom. The van der Waals surface area contributed by atoms with Crippen LogP contribution < -0.4 is 0 Å². The second-order valence-electron chi connectivity index (χ2n) is 5.11. The quantitative estimate of drug-likeness (QED) is 0.474. The molecule has 1 saturated heterocycles. The second kappa shape index (κ2) is 2.85. The summed E-state index contributed by atoms with van der Waals surface area (Å²) < 4.78 is 5.46.